The molecule has 5 nitrogen and oxygen atoms in total. The van der Waals surface area contributed by atoms with E-state index in [2.05, 4.69) is 35.3 Å². The van der Waals surface area contributed by atoms with Crippen LogP contribution in [0.2, 0.25) is 5.02 Å². The molecule has 0 atom stereocenters. The Morgan fingerprint density at radius 1 is 1.33 bits per heavy atom. The molecule has 0 unspecified atom stereocenters. The Bertz CT molecular complexity index is 845. The summed E-state index contributed by atoms with van der Waals surface area (Å²) in [7, 11) is 1.62. The number of halogens is 1. The number of nitrogens with zero attached hydrogens (tertiary/aromatic N) is 3. The van der Waals surface area contributed by atoms with Crippen molar-refractivity contribution in [2.75, 3.05) is 12.4 Å². The summed E-state index contributed by atoms with van der Waals surface area (Å²) in [6.07, 6.45) is 5.42. The molecule has 0 bridgehead atoms. The van der Waals surface area contributed by atoms with E-state index in [-0.39, 0.29) is 0 Å². The van der Waals surface area contributed by atoms with Crippen LogP contribution in [0.1, 0.15) is 19.9 Å². The van der Waals surface area contributed by atoms with E-state index in [9.17, 15) is 0 Å². The van der Waals surface area contributed by atoms with Crippen LogP contribution < -0.4 is 10.1 Å². The zero-order valence-corrected chi connectivity index (χ0v) is 14.5. The zero-order valence-electron chi connectivity index (χ0n) is 13.7. The molecule has 0 fully saturated rings. The highest BCUT2D eigenvalue weighted by Crippen LogP contribution is 2.32. The van der Waals surface area contributed by atoms with Crippen molar-refractivity contribution < 1.29 is 4.74 Å². The van der Waals surface area contributed by atoms with Gasteiger partial charge in [0.1, 0.15) is 11.6 Å². The van der Waals surface area contributed by atoms with Gasteiger partial charge in [-0.05, 0) is 38.1 Å². The second-order valence-corrected chi connectivity index (χ2v) is 6.01. The Hall–Kier alpha value is -2.53. The lowest BCUT2D eigenvalue weighted by Crippen LogP contribution is -1.99. The van der Waals surface area contributed by atoms with Gasteiger partial charge in [-0.2, -0.15) is 5.10 Å². The van der Waals surface area contributed by atoms with E-state index in [1.165, 1.54) is 0 Å². The Morgan fingerprint density at radius 3 is 2.88 bits per heavy atom. The maximum atomic E-state index is 6.32. The molecule has 123 valence electrons. The van der Waals surface area contributed by atoms with Crippen molar-refractivity contribution in [2.45, 2.75) is 19.9 Å². The summed E-state index contributed by atoms with van der Waals surface area (Å²) in [5.74, 6) is 1.37. The molecule has 0 saturated carbocycles. The lowest BCUT2D eigenvalue weighted by atomic mass is 10.1. The molecule has 0 amide bonds. The van der Waals surface area contributed by atoms with Crippen molar-refractivity contribution in [3.05, 3.63) is 53.9 Å². The Kier molecular flexibility index (Phi) is 4.71. The number of ether oxygens (including phenoxy) is 1. The molecule has 0 saturated heterocycles. The van der Waals surface area contributed by atoms with Crippen molar-refractivity contribution in [3.63, 3.8) is 0 Å². The first-order chi connectivity index (χ1) is 11.6. The van der Waals surface area contributed by atoms with Gasteiger partial charge in [-0.1, -0.05) is 17.7 Å². The van der Waals surface area contributed by atoms with Crippen LogP contribution in [0.3, 0.4) is 0 Å². The average molecular weight is 342 g/mol. The molecule has 3 aromatic rings. The molecule has 0 aliphatic carbocycles. The van der Waals surface area contributed by atoms with Crippen LogP contribution in [0.25, 0.3) is 11.1 Å². The highest BCUT2D eigenvalue weighted by atomic mass is 35.5. The van der Waals surface area contributed by atoms with Crippen LogP contribution in [0.5, 0.6) is 5.75 Å². The highest BCUT2D eigenvalue weighted by molar-refractivity contribution is 6.33. The van der Waals surface area contributed by atoms with E-state index in [0.29, 0.717) is 22.6 Å². The van der Waals surface area contributed by atoms with Crippen molar-refractivity contribution >= 4 is 23.1 Å². The topological polar surface area (TPSA) is 52.0 Å². The van der Waals surface area contributed by atoms with Gasteiger partial charge >= 0.3 is 0 Å². The van der Waals surface area contributed by atoms with Gasteiger partial charge in [0.2, 0.25) is 0 Å². The second kappa shape index (κ2) is 6.93. The summed E-state index contributed by atoms with van der Waals surface area (Å²) in [6, 6.07) is 10.6. The maximum absolute atomic E-state index is 6.32. The Morgan fingerprint density at radius 2 is 2.17 bits per heavy atom. The minimum atomic E-state index is 0.293. The SMILES string of the molecule is COc1c[c]ccc1Nc1cc(-c2cnn(C(C)C)c2)c(Cl)cn1. The van der Waals surface area contributed by atoms with E-state index in [1.54, 1.807) is 19.4 Å². The second-order valence-electron chi connectivity index (χ2n) is 5.60. The number of aromatic nitrogens is 3. The lowest BCUT2D eigenvalue weighted by molar-refractivity contribution is 0.416. The summed E-state index contributed by atoms with van der Waals surface area (Å²) < 4.78 is 7.22. The molecule has 2 heterocycles. The van der Waals surface area contributed by atoms with Crippen LogP contribution in [0.4, 0.5) is 11.5 Å². The number of methoxy groups -OCH3 is 1. The van der Waals surface area contributed by atoms with E-state index in [1.807, 2.05) is 35.3 Å². The fourth-order valence-corrected chi connectivity index (χ4v) is 2.53. The average Bonchev–Trinajstić information content (AvgIpc) is 3.07. The van der Waals surface area contributed by atoms with E-state index < -0.39 is 0 Å². The van der Waals surface area contributed by atoms with E-state index >= 15 is 0 Å². The first-order valence-electron chi connectivity index (χ1n) is 7.59. The molecule has 6 heteroatoms. The van der Waals surface area contributed by atoms with Crippen LogP contribution in [-0.4, -0.2) is 21.9 Å². The third-order valence-corrected chi connectivity index (χ3v) is 3.91. The molecular weight excluding hydrogens is 324 g/mol. The maximum Gasteiger partial charge on any atom is 0.142 e. The monoisotopic (exact) mass is 341 g/mol. The zero-order chi connectivity index (χ0) is 17.1. The van der Waals surface area contributed by atoms with Crippen molar-refractivity contribution in [1.82, 2.24) is 14.8 Å². The lowest BCUT2D eigenvalue weighted by Gasteiger charge is -2.11. The van der Waals surface area contributed by atoms with Gasteiger partial charge in [-0.3, -0.25) is 4.68 Å². The smallest absolute Gasteiger partial charge is 0.142 e. The van der Waals surface area contributed by atoms with Crippen LogP contribution in [-0.2, 0) is 0 Å². The van der Waals surface area contributed by atoms with Gasteiger partial charge in [-0.15, -0.1) is 0 Å². The van der Waals surface area contributed by atoms with Gasteiger partial charge in [-0.25, -0.2) is 4.98 Å². The summed E-state index contributed by atoms with van der Waals surface area (Å²) in [5, 5.41) is 8.20. The van der Waals surface area contributed by atoms with E-state index in [0.717, 1.165) is 16.8 Å². The quantitative estimate of drug-likeness (QED) is 0.728. The Balaban J connectivity index is 1.94. The minimum absolute atomic E-state index is 0.293. The number of hydrogen-bond donors (Lipinski definition) is 1. The predicted molar refractivity (Wildman–Crippen MR) is 96.0 cm³/mol. The minimum Gasteiger partial charge on any atom is -0.495 e. The molecule has 1 radical (unpaired) electrons. The normalized spacial score (nSPS) is 10.9. The van der Waals surface area contributed by atoms with Gasteiger partial charge in [0.25, 0.3) is 0 Å². The molecule has 24 heavy (non-hydrogen) atoms. The first-order valence-corrected chi connectivity index (χ1v) is 7.97. The summed E-state index contributed by atoms with van der Waals surface area (Å²) in [5.41, 5.74) is 2.64. The molecule has 0 spiro atoms. The standard InChI is InChI=1S/C18H18ClN4O/c1-12(2)23-11-13(9-21-23)14-8-18(20-10-15(14)19)22-16-6-4-5-7-17(16)24-3/h4,6-12H,1-3H3,(H,20,22). The van der Waals surface area contributed by atoms with Crippen molar-refractivity contribution in [1.29, 1.82) is 0 Å². The largest absolute Gasteiger partial charge is 0.495 e. The fraction of sp³-hybridized carbons (Fsp3) is 0.222. The van der Waals surface area contributed by atoms with E-state index in [4.69, 9.17) is 16.3 Å². The van der Waals surface area contributed by atoms with Crippen molar-refractivity contribution in [3.8, 4) is 16.9 Å². The third-order valence-electron chi connectivity index (χ3n) is 3.61. The molecule has 1 N–H and O–H groups in total. The van der Waals surface area contributed by atoms with Gasteiger partial charge in [0.05, 0.1) is 24.0 Å². The number of benzene rings is 1. The first kappa shape index (κ1) is 16.3. The Labute approximate surface area is 146 Å². The number of nitrogens with one attached hydrogen (secondary N) is 1. The molecule has 0 aliphatic rings. The van der Waals surface area contributed by atoms with Gasteiger partial charge < -0.3 is 10.1 Å². The van der Waals surface area contributed by atoms with Gasteiger partial charge in [0.15, 0.2) is 0 Å². The van der Waals surface area contributed by atoms with Crippen LogP contribution >= 0.6 is 11.6 Å². The number of hydrogen-bond acceptors (Lipinski definition) is 4. The number of pyridine rings is 1. The third kappa shape index (κ3) is 3.36. The fourth-order valence-electron chi connectivity index (χ4n) is 2.31. The molecule has 0 aliphatic heterocycles. The number of anilines is 2. The summed E-state index contributed by atoms with van der Waals surface area (Å²) in [4.78, 5) is 4.34. The number of rotatable bonds is 5. The molecule has 2 aromatic heterocycles. The van der Waals surface area contributed by atoms with Gasteiger partial charge in [0, 0.05) is 29.6 Å². The van der Waals surface area contributed by atoms with Crippen LogP contribution in [0.15, 0.2) is 42.9 Å². The highest BCUT2D eigenvalue weighted by Gasteiger charge is 2.11. The predicted octanol–water partition coefficient (Wildman–Crippen LogP) is 4.73. The summed E-state index contributed by atoms with van der Waals surface area (Å²) in [6.45, 7) is 4.16. The molecule has 3 rings (SSSR count). The van der Waals surface area contributed by atoms with Crippen molar-refractivity contribution in [2.24, 2.45) is 0 Å². The van der Waals surface area contributed by atoms with Crippen LogP contribution in [0, 0.1) is 6.07 Å². The summed E-state index contributed by atoms with van der Waals surface area (Å²) >= 11 is 6.32. The molecule has 1 aromatic carbocycles. The molecular formula is C18H18ClN4O.